The number of aromatic nitrogens is 2. The van der Waals surface area contributed by atoms with E-state index in [1.54, 1.807) is 18.5 Å². The standard InChI is InChI=1S/C9H10N2O/c1-2-3-4-8-12-9-10-6-5-7-11-9/h5-7H,2,8H2,1H3. The van der Waals surface area contributed by atoms with Crippen LogP contribution in [0.3, 0.4) is 0 Å². The van der Waals surface area contributed by atoms with Crippen LogP contribution >= 0.6 is 0 Å². The van der Waals surface area contributed by atoms with E-state index in [0.717, 1.165) is 6.42 Å². The zero-order valence-corrected chi connectivity index (χ0v) is 6.95. The third-order valence-electron chi connectivity index (χ3n) is 1.12. The Kier molecular flexibility index (Phi) is 3.65. The second-order valence-electron chi connectivity index (χ2n) is 2.03. The van der Waals surface area contributed by atoms with Crippen LogP contribution in [0.5, 0.6) is 6.01 Å². The lowest BCUT2D eigenvalue weighted by Crippen LogP contribution is -1.97. The summed E-state index contributed by atoms with van der Waals surface area (Å²) in [6.45, 7) is 2.35. The van der Waals surface area contributed by atoms with Gasteiger partial charge in [-0.05, 0) is 6.07 Å². The summed E-state index contributed by atoms with van der Waals surface area (Å²) >= 11 is 0. The summed E-state index contributed by atoms with van der Waals surface area (Å²) in [5, 5.41) is 0. The molecule has 1 aromatic heterocycles. The average molecular weight is 162 g/mol. The Bertz CT molecular complexity index is 274. The minimum atomic E-state index is 0.359. The summed E-state index contributed by atoms with van der Waals surface area (Å²) in [4.78, 5) is 7.75. The van der Waals surface area contributed by atoms with Crippen molar-refractivity contribution in [1.29, 1.82) is 0 Å². The van der Waals surface area contributed by atoms with Crippen molar-refractivity contribution in [2.24, 2.45) is 0 Å². The monoisotopic (exact) mass is 162 g/mol. The summed E-state index contributed by atoms with van der Waals surface area (Å²) in [5.74, 6) is 5.72. The maximum absolute atomic E-state index is 5.11. The fourth-order valence-corrected chi connectivity index (χ4v) is 0.637. The lowest BCUT2D eigenvalue weighted by Gasteiger charge is -1.96. The second kappa shape index (κ2) is 5.14. The van der Waals surface area contributed by atoms with E-state index in [1.165, 1.54) is 0 Å². The Morgan fingerprint density at radius 1 is 1.33 bits per heavy atom. The van der Waals surface area contributed by atoms with Gasteiger partial charge in [0.15, 0.2) is 6.61 Å². The molecule has 3 nitrogen and oxygen atoms in total. The van der Waals surface area contributed by atoms with Crippen LogP contribution in [-0.2, 0) is 0 Å². The molecule has 0 atom stereocenters. The van der Waals surface area contributed by atoms with E-state index < -0.39 is 0 Å². The topological polar surface area (TPSA) is 35.0 Å². The molecule has 0 radical (unpaired) electrons. The van der Waals surface area contributed by atoms with Crippen LogP contribution in [0.2, 0.25) is 0 Å². The van der Waals surface area contributed by atoms with E-state index in [0.29, 0.717) is 12.6 Å². The molecule has 0 bridgehead atoms. The highest BCUT2D eigenvalue weighted by atomic mass is 16.5. The van der Waals surface area contributed by atoms with Crippen LogP contribution in [0.15, 0.2) is 18.5 Å². The number of hydrogen-bond donors (Lipinski definition) is 0. The molecule has 62 valence electrons. The summed E-state index contributed by atoms with van der Waals surface area (Å²) in [5.41, 5.74) is 0. The molecule has 0 saturated carbocycles. The van der Waals surface area contributed by atoms with Crippen LogP contribution in [0.1, 0.15) is 13.3 Å². The molecule has 0 N–H and O–H groups in total. The zero-order chi connectivity index (χ0) is 8.65. The predicted octanol–water partition coefficient (Wildman–Crippen LogP) is 1.27. The lowest BCUT2D eigenvalue weighted by molar-refractivity contribution is 0.339. The minimum absolute atomic E-state index is 0.359. The van der Waals surface area contributed by atoms with Gasteiger partial charge in [-0.25, -0.2) is 9.97 Å². The van der Waals surface area contributed by atoms with Gasteiger partial charge in [-0.2, -0.15) is 0 Å². The molecule has 1 heterocycles. The molecule has 0 aliphatic heterocycles. The number of ether oxygens (including phenoxy) is 1. The molecule has 1 aromatic rings. The number of hydrogen-bond acceptors (Lipinski definition) is 3. The smallest absolute Gasteiger partial charge is 0.317 e. The highest BCUT2D eigenvalue weighted by Crippen LogP contribution is 1.95. The molecule has 0 spiro atoms. The van der Waals surface area contributed by atoms with E-state index >= 15 is 0 Å². The fourth-order valence-electron chi connectivity index (χ4n) is 0.637. The van der Waals surface area contributed by atoms with E-state index in [4.69, 9.17) is 4.74 Å². The number of nitrogens with zero attached hydrogens (tertiary/aromatic N) is 2. The Balaban J connectivity index is 2.34. The first-order chi connectivity index (χ1) is 5.93. The van der Waals surface area contributed by atoms with Crippen LogP contribution in [0.4, 0.5) is 0 Å². The highest BCUT2D eigenvalue weighted by Gasteiger charge is 1.89. The Morgan fingerprint density at radius 3 is 2.75 bits per heavy atom. The van der Waals surface area contributed by atoms with Crippen molar-refractivity contribution >= 4 is 0 Å². The minimum Gasteiger partial charge on any atom is -0.450 e. The molecular formula is C9H10N2O. The van der Waals surface area contributed by atoms with Crippen LogP contribution in [0.25, 0.3) is 0 Å². The fraction of sp³-hybridized carbons (Fsp3) is 0.333. The number of rotatable bonds is 2. The Morgan fingerprint density at radius 2 is 2.08 bits per heavy atom. The van der Waals surface area contributed by atoms with E-state index in [1.807, 2.05) is 6.92 Å². The largest absolute Gasteiger partial charge is 0.450 e. The summed E-state index contributed by atoms with van der Waals surface area (Å²) < 4.78 is 5.11. The molecular weight excluding hydrogens is 152 g/mol. The lowest BCUT2D eigenvalue weighted by atomic mass is 10.5. The van der Waals surface area contributed by atoms with Gasteiger partial charge in [-0.1, -0.05) is 12.8 Å². The third kappa shape index (κ3) is 3.02. The molecule has 0 saturated heterocycles. The third-order valence-corrected chi connectivity index (χ3v) is 1.12. The first kappa shape index (κ1) is 8.54. The highest BCUT2D eigenvalue weighted by molar-refractivity contribution is 5.01. The van der Waals surface area contributed by atoms with Crippen molar-refractivity contribution < 1.29 is 4.74 Å². The van der Waals surface area contributed by atoms with Gasteiger partial charge in [0, 0.05) is 18.8 Å². The molecule has 0 aliphatic carbocycles. The zero-order valence-electron chi connectivity index (χ0n) is 6.95. The van der Waals surface area contributed by atoms with Crippen molar-refractivity contribution in [2.45, 2.75) is 13.3 Å². The van der Waals surface area contributed by atoms with E-state index in [2.05, 4.69) is 21.8 Å². The normalized spacial score (nSPS) is 8.42. The van der Waals surface area contributed by atoms with Gasteiger partial charge < -0.3 is 4.74 Å². The molecule has 12 heavy (non-hydrogen) atoms. The van der Waals surface area contributed by atoms with Gasteiger partial charge in [0.2, 0.25) is 0 Å². The maximum Gasteiger partial charge on any atom is 0.317 e. The van der Waals surface area contributed by atoms with Crippen molar-refractivity contribution in [2.75, 3.05) is 6.61 Å². The Labute approximate surface area is 71.8 Å². The summed E-state index contributed by atoms with van der Waals surface area (Å²) in [6.07, 6.45) is 4.12. The van der Waals surface area contributed by atoms with Crippen molar-refractivity contribution in [3.8, 4) is 17.9 Å². The first-order valence-electron chi connectivity index (χ1n) is 3.79. The molecule has 0 fully saturated rings. The maximum atomic E-state index is 5.11. The van der Waals surface area contributed by atoms with Crippen LogP contribution in [-0.4, -0.2) is 16.6 Å². The van der Waals surface area contributed by atoms with Crippen molar-refractivity contribution in [3.05, 3.63) is 18.5 Å². The Hall–Kier alpha value is -1.56. The molecule has 0 aliphatic rings. The van der Waals surface area contributed by atoms with Crippen LogP contribution < -0.4 is 4.74 Å². The molecule has 3 heteroatoms. The first-order valence-corrected chi connectivity index (χ1v) is 3.79. The molecule has 1 rings (SSSR count). The predicted molar refractivity (Wildman–Crippen MR) is 45.6 cm³/mol. The molecule has 0 unspecified atom stereocenters. The van der Waals surface area contributed by atoms with Crippen LogP contribution in [0, 0.1) is 11.8 Å². The average Bonchev–Trinajstić information content (AvgIpc) is 2.14. The molecule has 0 aromatic carbocycles. The molecule has 0 amide bonds. The van der Waals surface area contributed by atoms with Gasteiger partial charge in [-0.3, -0.25) is 0 Å². The summed E-state index contributed by atoms with van der Waals surface area (Å²) in [7, 11) is 0. The second-order valence-corrected chi connectivity index (χ2v) is 2.03. The summed E-state index contributed by atoms with van der Waals surface area (Å²) in [6, 6.07) is 2.12. The SMILES string of the molecule is CCC#CCOc1ncccn1. The van der Waals surface area contributed by atoms with Gasteiger partial charge >= 0.3 is 6.01 Å². The van der Waals surface area contributed by atoms with Crippen molar-refractivity contribution in [1.82, 2.24) is 9.97 Å². The van der Waals surface area contributed by atoms with E-state index in [-0.39, 0.29) is 0 Å². The van der Waals surface area contributed by atoms with Gasteiger partial charge in [0.05, 0.1) is 0 Å². The quantitative estimate of drug-likeness (QED) is 0.614. The van der Waals surface area contributed by atoms with Crippen molar-refractivity contribution in [3.63, 3.8) is 0 Å². The van der Waals surface area contributed by atoms with Gasteiger partial charge in [-0.15, -0.1) is 5.92 Å². The van der Waals surface area contributed by atoms with Gasteiger partial charge in [0.1, 0.15) is 0 Å². The van der Waals surface area contributed by atoms with E-state index in [9.17, 15) is 0 Å². The van der Waals surface area contributed by atoms with Gasteiger partial charge in [0.25, 0.3) is 0 Å².